The van der Waals surface area contributed by atoms with Crippen LogP contribution in [0.3, 0.4) is 0 Å². The highest BCUT2D eigenvalue weighted by Gasteiger charge is 2.25. The molecule has 1 unspecified atom stereocenters. The molecule has 3 rings (SSSR count). The Morgan fingerprint density at radius 2 is 1.85 bits per heavy atom. The molecule has 0 saturated carbocycles. The summed E-state index contributed by atoms with van der Waals surface area (Å²) in [5, 5.41) is 2.17. The van der Waals surface area contributed by atoms with Crippen molar-refractivity contribution in [3.8, 4) is 11.5 Å². The summed E-state index contributed by atoms with van der Waals surface area (Å²) in [6.07, 6.45) is 2.96. The Kier molecular flexibility index (Phi) is 5.41. The van der Waals surface area contributed by atoms with Crippen molar-refractivity contribution < 1.29 is 17.9 Å². The van der Waals surface area contributed by atoms with Gasteiger partial charge in [-0.05, 0) is 47.9 Å². The van der Waals surface area contributed by atoms with Gasteiger partial charge in [-0.3, -0.25) is 0 Å². The molecule has 140 valence electrons. The van der Waals surface area contributed by atoms with Crippen molar-refractivity contribution >= 4 is 20.6 Å². The highest BCUT2D eigenvalue weighted by atomic mass is 32.2. The zero-order valence-corrected chi connectivity index (χ0v) is 16.1. The van der Waals surface area contributed by atoms with Crippen molar-refractivity contribution in [3.05, 3.63) is 48.7 Å². The van der Waals surface area contributed by atoms with Gasteiger partial charge >= 0.3 is 0 Å². The second kappa shape index (κ2) is 7.58. The van der Waals surface area contributed by atoms with Gasteiger partial charge in [0.2, 0.25) is 0 Å². The fraction of sp³-hybridized carbons (Fsp3) is 0.400. The predicted molar refractivity (Wildman–Crippen MR) is 105 cm³/mol. The monoisotopic (exact) mass is 375 g/mol. The fourth-order valence-electron chi connectivity index (χ4n) is 3.21. The maximum atomic E-state index is 11.4. The molecule has 0 spiro atoms. The molecule has 0 aliphatic carbocycles. The van der Waals surface area contributed by atoms with Gasteiger partial charge in [-0.25, -0.2) is 8.42 Å². The van der Waals surface area contributed by atoms with Crippen molar-refractivity contribution in [1.82, 2.24) is 4.90 Å². The molecule has 0 amide bonds. The number of ether oxygens (including phenoxy) is 2. The summed E-state index contributed by atoms with van der Waals surface area (Å²) in [4.78, 5) is 2.03. The quantitative estimate of drug-likeness (QED) is 0.776. The molecule has 2 aromatic carbocycles. The summed E-state index contributed by atoms with van der Waals surface area (Å²) in [7, 11) is -1.34. The number of fused-ring (bicyclic) bond motifs is 1. The van der Waals surface area contributed by atoms with Gasteiger partial charge in [0, 0.05) is 25.0 Å². The van der Waals surface area contributed by atoms with E-state index in [4.69, 9.17) is 9.47 Å². The average Bonchev–Trinajstić information content (AvgIpc) is 2.61. The first-order chi connectivity index (χ1) is 12.4. The van der Waals surface area contributed by atoms with Crippen LogP contribution in [0.5, 0.6) is 11.5 Å². The highest BCUT2D eigenvalue weighted by Crippen LogP contribution is 2.29. The summed E-state index contributed by atoms with van der Waals surface area (Å²) in [5.41, 5.74) is 0.852. The lowest BCUT2D eigenvalue weighted by Gasteiger charge is -2.36. The summed E-state index contributed by atoms with van der Waals surface area (Å²) < 4.78 is 34.3. The number of sulfone groups is 1. The molecule has 0 N–H and O–H groups in total. The summed E-state index contributed by atoms with van der Waals surface area (Å²) in [6.45, 7) is 5.44. The largest absolute Gasteiger partial charge is 0.497 e. The van der Waals surface area contributed by atoms with Gasteiger partial charge in [0.05, 0.1) is 12.9 Å². The maximum absolute atomic E-state index is 11.4. The van der Waals surface area contributed by atoms with Crippen molar-refractivity contribution in [2.24, 2.45) is 0 Å². The number of hydrogen-bond donors (Lipinski definition) is 0. The Balaban J connectivity index is 1.73. The molecule has 6 heteroatoms. The first kappa shape index (κ1) is 18.6. The molecule has 1 aliphatic rings. The van der Waals surface area contributed by atoms with E-state index in [0.29, 0.717) is 6.54 Å². The molecular weight excluding hydrogens is 350 g/mol. The van der Waals surface area contributed by atoms with Crippen LogP contribution in [0.2, 0.25) is 0 Å². The Morgan fingerprint density at radius 1 is 1.15 bits per heavy atom. The van der Waals surface area contributed by atoms with Gasteiger partial charge in [-0.1, -0.05) is 18.7 Å². The molecule has 0 bridgehead atoms. The summed E-state index contributed by atoms with van der Waals surface area (Å²) in [6, 6.07) is 11.9. The van der Waals surface area contributed by atoms with E-state index in [2.05, 4.69) is 6.58 Å². The van der Waals surface area contributed by atoms with Gasteiger partial charge < -0.3 is 14.4 Å². The van der Waals surface area contributed by atoms with E-state index in [0.717, 1.165) is 47.4 Å². The molecular formula is C20H25NO4S. The molecule has 1 fully saturated rings. The van der Waals surface area contributed by atoms with Crippen LogP contribution in [0.4, 0.5) is 0 Å². The number of methoxy groups -OCH3 is 1. The molecule has 0 radical (unpaired) electrons. The van der Waals surface area contributed by atoms with E-state index in [1.807, 2.05) is 41.3 Å². The van der Waals surface area contributed by atoms with E-state index in [9.17, 15) is 8.42 Å². The molecule has 2 aromatic rings. The summed E-state index contributed by atoms with van der Waals surface area (Å²) >= 11 is 0. The standard InChI is InChI=1S/C20H25NO4S/c1-15-20(5-4-10-21(15)11-12-26(3,22)23)25-19-9-7-16-6-8-18(24-2)13-17(16)14-19/h6-9,13-14,20H,1,4-5,10-12H2,2-3H3. The first-order valence-corrected chi connectivity index (χ1v) is 10.8. The topological polar surface area (TPSA) is 55.8 Å². The van der Waals surface area contributed by atoms with Gasteiger partial charge in [0.15, 0.2) is 0 Å². The number of likely N-dealkylation sites (tertiary alicyclic amines) is 1. The van der Waals surface area contributed by atoms with Crippen molar-refractivity contribution in [2.75, 3.05) is 32.2 Å². The molecule has 1 aliphatic heterocycles. The molecule has 5 nitrogen and oxygen atoms in total. The number of nitrogens with zero attached hydrogens (tertiary/aromatic N) is 1. The van der Waals surface area contributed by atoms with Crippen molar-refractivity contribution in [3.63, 3.8) is 0 Å². The SMILES string of the molecule is C=C1C(Oc2ccc3ccc(OC)cc3c2)CCCN1CCS(C)(=O)=O. The van der Waals surface area contributed by atoms with Crippen molar-refractivity contribution in [2.45, 2.75) is 18.9 Å². The number of hydrogen-bond acceptors (Lipinski definition) is 5. The van der Waals surface area contributed by atoms with Crippen LogP contribution in [0.1, 0.15) is 12.8 Å². The third-order valence-corrected chi connectivity index (χ3v) is 5.63. The molecule has 0 aromatic heterocycles. The molecule has 1 atom stereocenters. The minimum atomic E-state index is -2.99. The Bertz CT molecular complexity index is 907. The molecule has 1 heterocycles. The van der Waals surface area contributed by atoms with Gasteiger partial charge in [-0.15, -0.1) is 0 Å². The van der Waals surface area contributed by atoms with Crippen LogP contribution in [0.15, 0.2) is 48.7 Å². The second-order valence-corrected chi connectivity index (χ2v) is 8.99. The van der Waals surface area contributed by atoms with Crippen molar-refractivity contribution in [1.29, 1.82) is 0 Å². The van der Waals surface area contributed by atoms with E-state index >= 15 is 0 Å². The Labute approximate surface area is 155 Å². The molecule has 1 saturated heterocycles. The zero-order valence-electron chi connectivity index (χ0n) is 15.3. The van der Waals surface area contributed by atoms with Gasteiger partial charge in [0.25, 0.3) is 0 Å². The normalized spacial score (nSPS) is 18.2. The number of benzene rings is 2. The first-order valence-electron chi connectivity index (χ1n) is 8.72. The van der Waals surface area contributed by atoms with E-state index < -0.39 is 9.84 Å². The average molecular weight is 375 g/mol. The highest BCUT2D eigenvalue weighted by molar-refractivity contribution is 7.90. The van der Waals surface area contributed by atoms with Crippen LogP contribution in [-0.2, 0) is 9.84 Å². The van der Waals surface area contributed by atoms with Crippen LogP contribution < -0.4 is 9.47 Å². The minimum absolute atomic E-state index is 0.133. The predicted octanol–water partition coefficient (Wildman–Crippen LogP) is 3.25. The lowest BCUT2D eigenvalue weighted by molar-refractivity contribution is 0.143. The Hall–Kier alpha value is -2.21. The minimum Gasteiger partial charge on any atom is -0.497 e. The van der Waals surface area contributed by atoms with Crippen LogP contribution >= 0.6 is 0 Å². The smallest absolute Gasteiger partial charge is 0.149 e. The van der Waals surface area contributed by atoms with Crippen LogP contribution in [0, 0.1) is 0 Å². The lowest BCUT2D eigenvalue weighted by Crippen LogP contribution is -2.40. The van der Waals surface area contributed by atoms with E-state index in [1.165, 1.54) is 6.26 Å². The zero-order chi connectivity index (χ0) is 18.7. The second-order valence-electron chi connectivity index (χ2n) is 6.73. The third kappa shape index (κ3) is 4.49. The van der Waals surface area contributed by atoms with Crippen LogP contribution in [-0.4, -0.2) is 51.6 Å². The van der Waals surface area contributed by atoms with E-state index in [1.54, 1.807) is 7.11 Å². The molecule has 26 heavy (non-hydrogen) atoms. The lowest BCUT2D eigenvalue weighted by atomic mass is 10.0. The third-order valence-electron chi connectivity index (χ3n) is 4.70. The maximum Gasteiger partial charge on any atom is 0.149 e. The Morgan fingerprint density at radius 3 is 2.54 bits per heavy atom. The summed E-state index contributed by atoms with van der Waals surface area (Å²) in [5.74, 6) is 1.72. The number of piperidine rings is 1. The van der Waals surface area contributed by atoms with Gasteiger partial charge in [0.1, 0.15) is 27.4 Å². The fourth-order valence-corrected chi connectivity index (χ4v) is 3.76. The van der Waals surface area contributed by atoms with E-state index in [-0.39, 0.29) is 11.9 Å². The number of rotatable bonds is 6. The van der Waals surface area contributed by atoms with Gasteiger partial charge in [-0.2, -0.15) is 0 Å². The van der Waals surface area contributed by atoms with Crippen LogP contribution in [0.25, 0.3) is 10.8 Å².